The lowest BCUT2D eigenvalue weighted by Crippen LogP contribution is -2.77. The maximum atomic E-state index is 9.60. The summed E-state index contributed by atoms with van der Waals surface area (Å²) in [5.41, 5.74) is 4.27. The van der Waals surface area contributed by atoms with Gasteiger partial charge in [-0.15, -0.1) is 5.10 Å². The average Bonchev–Trinajstić information content (AvgIpc) is 2.70. The van der Waals surface area contributed by atoms with Crippen LogP contribution in [0.1, 0.15) is 65.1 Å². The lowest BCUT2D eigenvalue weighted by molar-refractivity contribution is -0.158. The zero-order valence-corrected chi connectivity index (χ0v) is 19.3. The van der Waals surface area contributed by atoms with E-state index >= 15 is 0 Å². The second kappa shape index (κ2) is 7.74. The highest BCUT2D eigenvalue weighted by molar-refractivity contribution is 5.68. The topological polar surface area (TPSA) is 61.7 Å². The highest BCUT2D eigenvalue weighted by Gasteiger charge is 2.66. The fraction of sp³-hybridized carbons (Fsp3) is 0.667. The van der Waals surface area contributed by atoms with Crippen molar-refractivity contribution in [2.24, 2.45) is 0 Å². The molecule has 6 nitrogen and oxygen atoms in total. The third kappa shape index (κ3) is 3.20. The largest absolute Gasteiger partial charge is 0.389 e. The molecule has 1 aromatic heterocycles. The van der Waals surface area contributed by atoms with E-state index in [1.165, 1.54) is 11.1 Å². The highest BCUT2D eigenvalue weighted by atomic mass is 16.5. The molecular formula is C24H36N4O2. The van der Waals surface area contributed by atoms with Gasteiger partial charge in [0.1, 0.15) is 5.54 Å². The van der Waals surface area contributed by atoms with Crippen LogP contribution in [0.3, 0.4) is 0 Å². The highest BCUT2D eigenvalue weighted by Crippen LogP contribution is 2.58. The summed E-state index contributed by atoms with van der Waals surface area (Å²) in [7, 11) is 0. The molecule has 4 rings (SSSR count). The minimum absolute atomic E-state index is 0.126. The van der Waals surface area contributed by atoms with Crippen molar-refractivity contribution in [3.05, 3.63) is 40.6 Å². The van der Waals surface area contributed by atoms with E-state index in [-0.39, 0.29) is 17.1 Å². The minimum atomic E-state index is -0.442. The summed E-state index contributed by atoms with van der Waals surface area (Å²) in [4.78, 5) is 4.98. The van der Waals surface area contributed by atoms with E-state index in [1.54, 1.807) is 6.92 Å². The molecule has 0 aromatic carbocycles. The number of aliphatic hydroxyl groups is 1. The third-order valence-electron chi connectivity index (χ3n) is 7.46. The average molecular weight is 413 g/mol. The first-order valence-electron chi connectivity index (χ1n) is 11.3. The molecular weight excluding hydrogens is 376 g/mol. The van der Waals surface area contributed by atoms with Crippen molar-refractivity contribution in [1.82, 2.24) is 15.1 Å². The van der Waals surface area contributed by atoms with Gasteiger partial charge < -0.3 is 19.6 Å². The summed E-state index contributed by atoms with van der Waals surface area (Å²) in [6.07, 6.45) is 4.59. The lowest BCUT2D eigenvalue weighted by atomic mass is 9.64. The molecule has 0 aliphatic carbocycles. The van der Waals surface area contributed by atoms with E-state index in [2.05, 4.69) is 59.8 Å². The van der Waals surface area contributed by atoms with Crippen LogP contribution in [-0.4, -0.2) is 64.7 Å². The Hall–Kier alpha value is -1.76. The molecule has 3 aliphatic rings. The number of aliphatic hydroxyl groups excluding tert-OH is 1. The van der Waals surface area contributed by atoms with E-state index < -0.39 is 6.10 Å². The van der Waals surface area contributed by atoms with Gasteiger partial charge in [0.25, 0.3) is 0 Å². The summed E-state index contributed by atoms with van der Waals surface area (Å²) in [5, 5.41) is 18.9. The summed E-state index contributed by atoms with van der Waals surface area (Å²) in [5.74, 6) is 1.19. The first kappa shape index (κ1) is 21.5. The molecule has 0 radical (unpaired) electrons. The molecule has 0 saturated carbocycles. The molecule has 1 N–H and O–H groups in total. The summed E-state index contributed by atoms with van der Waals surface area (Å²) < 4.78 is 6.42. The van der Waals surface area contributed by atoms with Crippen LogP contribution < -0.4 is 4.90 Å². The van der Waals surface area contributed by atoms with Crippen LogP contribution in [0.15, 0.2) is 29.4 Å². The smallest absolute Gasteiger partial charge is 0.158 e. The van der Waals surface area contributed by atoms with Crippen molar-refractivity contribution in [3.63, 3.8) is 0 Å². The molecule has 2 unspecified atom stereocenters. The fourth-order valence-corrected chi connectivity index (χ4v) is 5.54. The SMILES string of the molecule is CCN1CC[C@@]2(C)OCCN3c4nnc(C(C)/C(C)=C\C(C)=C/C(C)O)cc4[C@@]32C1. The van der Waals surface area contributed by atoms with Crippen LogP contribution >= 0.6 is 0 Å². The number of anilines is 1. The normalized spacial score (nSPS) is 31.4. The molecule has 6 heteroatoms. The van der Waals surface area contributed by atoms with Crippen molar-refractivity contribution in [2.75, 3.05) is 37.7 Å². The van der Waals surface area contributed by atoms with Gasteiger partial charge in [0.15, 0.2) is 5.82 Å². The molecule has 164 valence electrons. The van der Waals surface area contributed by atoms with Gasteiger partial charge >= 0.3 is 0 Å². The molecule has 1 aromatic rings. The maximum Gasteiger partial charge on any atom is 0.158 e. The van der Waals surface area contributed by atoms with E-state index in [0.29, 0.717) is 0 Å². The second-order valence-electron chi connectivity index (χ2n) is 9.48. The number of ether oxygens (including phenoxy) is 1. The molecule has 0 amide bonds. The number of aromatic nitrogens is 2. The van der Waals surface area contributed by atoms with Crippen LogP contribution in [0.25, 0.3) is 0 Å². The Balaban J connectivity index is 1.70. The number of hydrogen-bond donors (Lipinski definition) is 1. The Morgan fingerprint density at radius 3 is 2.77 bits per heavy atom. The van der Waals surface area contributed by atoms with Gasteiger partial charge in [0.2, 0.25) is 0 Å². The second-order valence-corrected chi connectivity index (χ2v) is 9.48. The van der Waals surface area contributed by atoms with Gasteiger partial charge in [-0.05, 0) is 46.7 Å². The zero-order chi connectivity index (χ0) is 21.7. The van der Waals surface area contributed by atoms with E-state index in [9.17, 15) is 5.11 Å². The van der Waals surface area contributed by atoms with Crippen molar-refractivity contribution >= 4 is 5.82 Å². The standard InChI is InChI=1S/C24H36N4O2/c1-7-27-9-8-23(6)24(15-27)20-14-21(25-26-22(20)28(24)10-11-30-23)19(5)17(3)12-16(2)13-18(4)29/h12-14,18-19,29H,7-11,15H2,1-6H3/b16-13-,17-12-/t18?,19?,23-,24-/m1/s1. The van der Waals surface area contributed by atoms with Gasteiger partial charge in [0, 0.05) is 31.1 Å². The summed E-state index contributed by atoms with van der Waals surface area (Å²) in [6.45, 7) is 17.4. The quantitative estimate of drug-likeness (QED) is 0.748. The van der Waals surface area contributed by atoms with Crippen molar-refractivity contribution in [1.29, 1.82) is 0 Å². The lowest BCUT2D eigenvalue weighted by Gasteiger charge is -2.67. The zero-order valence-electron chi connectivity index (χ0n) is 19.3. The number of rotatable bonds is 5. The van der Waals surface area contributed by atoms with Gasteiger partial charge in [-0.25, -0.2) is 0 Å². The number of fused-ring (bicyclic) bond motifs is 2. The molecule has 4 atom stereocenters. The number of likely N-dealkylation sites (N-methyl/N-ethyl adjacent to an activating group) is 1. The summed E-state index contributed by atoms with van der Waals surface area (Å²) >= 11 is 0. The van der Waals surface area contributed by atoms with Gasteiger partial charge in [-0.2, -0.15) is 5.10 Å². The molecule has 4 heterocycles. The molecule has 0 bridgehead atoms. The Morgan fingerprint density at radius 1 is 1.30 bits per heavy atom. The van der Waals surface area contributed by atoms with E-state index in [1.807, 2.05) is 13.0 Å². The van der Waals surface area contributed by atoms with Gasteiger partial charge in [-0.3, -0.25) is 0 Å². The van der Waals surface area contributed by atoms with E-state index in [0.717, 1.165) is 56.3 Å². The molecule has 1 spiro atoms. The minimum Gasteiger partial charge on any atom is -0.389 e. The van der Waals surface area contributed by atoms with Crippen LogP contribution in [0.2, 0.25) is 0 Å². The number of nitrogens with zero attached hydrogens (tertiary/aromatic N) is 4. The van der Waals surface area contributed by atoms with Gasteiger partial charge in [-0.1, -0.05) is 37.1 Å². The Kier molecular flexibility index (Phi) is 5.54. The van der Waals surface area contributed by atoms with Crippen LogP contribution in [-0.2, 0) is 10.3 Å². The first-order valence-corrected chi connectivity index (χ1v) is 11.3. The van der Waals surface area contributed by atoms with Crippen molar-refractivity contribution in [3.8, 4) is 0 Å². The van der Waals surface area contributed by atoms with Crippen LogP contribution in [0, 0.1) is 0 Å². The maximum absolute atomic E-state index is 9.60. The number of hydrogen-bond acceptors (Lipinski definition) is 6. The molecule has 2 saturated heterocycles. The molecule has 2 fully saturated rings. The number of morpholine rings is 1. The number of piperidine rings is 1. The Labute approximate surface area is 180 Å². The van der Waals surface area contributed by atoms with Gasteiger partial charge in [0.05, 0.1) is 24.0 Å². The molecule has 30 heavy (non-hydrogen) atoms. The Morgan fingerprint density at radius 2 is 2.07 bits per heavy atom. The van der Waals surface area contributed by atoms with Crippen LogP contribution in [0.4, 0.5) is 5.82 Å². The predicted molar refractivity (Wildman–Crippen MR) is 120 cm³/mol. The summed E-state index contributed by atoms with van der Waals surface area (Å²) in [6, 6.07) is 2.28. The Bertz CT molecular complexity index is 880. The van der Waals surface area contributed by atoms with Crippen molar-refractivity contribution in [2.45, 2.75) is 71.1 Å². The van der Waals surface area contributed by atoms with E-state index in [4.69, 9.17) is 4.74 Å². The molecule has 3 aliphatic heterocycles. The first-order chi connectivity index (χ1) is 14.2. The third-order valence-corrected chi connectivity index (χ3v) is 7.46. The predicted octanol–water partition coefficient (Wildman–Crippen LogP) is 3.38. The van der Waals surface area contributed by atoms with Crippen LogP contribution in [0.5, 0.6) is 0 Å². The van der Waals surface area contributed by atoms with Crippen molar-refractivity contribution < 1.29 is 9.84 Å². The monoisotopic (exact) mass is 412 g/mol. The fourth-order valence-electron chi connectivity index (χ4n) is 5.54. The number of allylic oxidation sites excluding steroid dienone is 3. The number of likely N-dealkylation sites (tertiary alicyclic amines) is 1.